The van der Waals surface area contributed by atoms with E-state index in [9.17, 15) is 4.79 Å². The van der Waals surface area contributed by atoms with Crippen molar-refractivity contribution in [1.29, 1.82) is 0 Å². The van der Waals surface area contributed by atoms with Crippen LogP contribution in [0.1, 0.15) is 0 Å². The third kappa shape index (κ3) is 5.57. The molecule has 2 aromatic heterocycles. The molecule has 2 heterocycles. The number of aromatic nitrogens is 4. The number of halogens is 1. The predicted octanol–water partition coefficient (Wildman–Crippen LogP) is 4.04. The quantitative estimate of drug-likeness (QED) is 0.304. The average molecular weight is 519 g/mol. The van der Waals surface area contributed by atoms with Crippen molar-refractivity contribution in [1.82, 2.24) is 24.6 Å². The molecule has 0 unspecified atom stereocenters. The zero-order valence-electron chi connectivity index (χ0n) is 22.1. The van der Waals surface area contributed by atoms with E-state index in [-0.39, 0.29) is 23.1 Å². The molecule has 0 aliphatic carbocycles. The number of benzene rings is 2. The molecule has 0 radical (unpaired) electrons. The Morgan fingerprint density at radius 2 is 1.97 bits per heavy atom. The zero-order valence-corrected chi connectivity index (χ0v) is 22.1. The molecule has 38 heavy (non-hydrogen) atoms. The van der Waals surface area contributed by atoms with Crippen LogP contribution in [-0.4, -0.2) is 71.9 Å². The van der Waals surface area contributed by atoms with Gasteiger partial charge in [0.15, 0.2) is 5.82 Å². The van der Waals surface area contributed by atoms with Gasteiger partial charge in [0, 0.05) is 50.4 Å². The van der Waals surface area contributed by atoms with Crippen molar-refractivity contribution in [2.45, 2.75) is 0 Å². The van der Waals surface area contributed by atoms with E-state index in [2.05, 4.69) is 32.3 Å². The standard InChI is InChI=1S/C27H31FN8O2/c1-7-23(37)32-25-21(35(4)13-12-34(2)3)15-22(38-6)26(24(25)28)33-27-29-11-10-19(31-27)17-8-9-20-18(14-17)16-30-36(20)5/h7-11,14-16H,1,12-13H2,2-6H3,(H,32,37)(H,29,31,33). The van der Waals surface area contributed by atoms with Gasteiger partial charge in [0.25, 0.3) is 0 Å². The summed E-state index contributed by atoms with van der Waals surface area (Å²) in [5.41, 5.74) is 2.96. The first-order valence-corrected chi connectivity index (χ1v) is 11.9. The number of anilines is 4. The maximum Gasteiger partial charge on any atom is 0.247 e. The number of ether oxygens (including phenoxy) is 1. The fraction of sp³-hybridized carbons (Fsp3) is 0.259. The zero-order chi connectivity index (χ0) is 27.4. The molecule has 0 aliphatic rings. The Bertz CT molecular complexity index is 1480. The second kappa shape index (κ2) is 11.3. The minimum absolute atomic E-state index is 0.00219. The van der Waals surface area contributed by atoms with Crippen LogP contribution < -0.4 is 20.3 Å². The highest BCUT2D eigenvalue weighted by atomic mass is 19.1. The second-order valence-corrected chi connectivity index (χ2v) is 9.01. The fourth-order valence-electron chi connectivity index (χ4n) is 3.97. The number of likely N-dealkylation sites (N-methyl/N-ethyl adjacent to an activating group) is 2. The highest BCUT2D eigenvalue weighted by molar-refractivity contribution is 6.02. The van der Waals surface area contributed by atoms with Gasteiger partial charge in [-0.15, -0.1) is 0 Å². The number of amides is 1. The van der Waals surface area contributed by atoms with Crippen LogP contribution >= 0.6 is 0 Å². The maximum absolute atomic E-state index is 16.0. The third-order valence-corrected chi connectivity index (χ3v) is 6.09. The van der Waals surface area contributed by atoms with Crippen LogP contribution in [0.2, 0.25) is 0 Å². The summed E-state index contributed by atoms with van der Waals surface area (Å²) in [5.74, 6) is -0.847. The Morgan fingerprint density at radius 3 is 2.68 bits per heavy atom. The molecule has 4 rings (SSSR count). The molecule has 1 amide bonds. The average Bonchev–Trinajstić information content (AvgIpc) is 3.29. The van der Waals surface area contributed by atoms with Crippen molar-refractivity contribution < 1.29 is 13.9 Å². The number of nitrogens with one attached hydrogen (secondary N) is 2. The Balaban J connectivity index is 1.73. The van der Waals surface area contributed by atoms with E-state index < -0.39 is 11.7 Å². The number of carbonyl (C=O) groups excluding carboxylic acids is 1. The molecule has 0 spiro atoms. The minimum atomic E-state index is -0.711. The molecule has 2 N–H and O–H groups in total. The summed E-state index contributed by atoms with van der Waals surface area (Å²) in [6.45, 7) is 4.79. The van der Waals surface area contributed by atoms with Gasteiger partial charge in [-0.2, -0.15) is 5.10 Å². The van der Waals surface area contributed by atoms with Crippen molar-refractivity contribution in [3.63, 3.8) is 0 Å². The lowest BCUT2D eigenvalue weighted by Crippen LogP contribution is -2.29. The number of hydrogen-bond donors (Lipinski definition) is 2. The minimum Gasteiger partial charge on any atom is -0.494 e. The number of fused-ring (bicyclic) bond motifs is 1. The summed E-state index contributed by atoms with van der Waals surface area (Å²) >= 11 is 0. The second-order valence-electron chi connectivity index (χ2n) is 9.01. The van der Waals surface area contributed by atoms with Gasteiger partial charge in [-0.25, -0.2) is 14.4 Å². The summed E-state index contributed by atoms with van der Waals surface area (Å²) < 4.78 is 23.4. The largest absolute Gasteiger partial charge is 0.494 e. The van der Waals surface area contributed by atoms with Crippen molar-refractivity contribution in [2.75, 3.05) is 56.9 Å². The SMILES string of the molecule is C=CC(=O)Nc1c(N(C)CCN(C)C)cc(OC)c(Nc2nccc(-c3ccc4c(cnn4C)c3)n2)c1F. The van der Waals surface area contributed by atoms with Crippen LogP contribution in [0.4, 0.5) is 27.4 Å². The van der Waals surface area contributed by atoms with Gasteiger partial charge >= 0.3 is 0 Å². The van der Waals surface area contributed by atoms with Crippen molar-refractivity contribution in [3.8, 4) is 17.0 Å². The fourth-order valence-corrected chi connectivity index (χ4v) is 3.97. The van der Waals surface area contributed by atoms with Gasteiger partial charge in [0.1, 0.15) is 17.1 Å². The number of nitrogens with zero attached hydrogens (tertiary/aromatic N) is 6. The number of rotatable bonds is 10. The molecule has 0 bridgehead atoms. The van der Waals surface area contributed by atoms with Crippen molar-refractivity contribution in [3.05, 3.63) is 61.2 Å². The number of aryl methyl sites for hydroxylation is 1. The Labute approximate surface area is 220 Å². The van der Waals surface area contributed by atoms with Crippen molar-refractivity contribution in [2.24, 2.45) is 7.05 Å². The van der Waals surface area contributed by atoms with Crippen molar-refractivity contribution >= 4 is 39.8 Å². The van der Waals surface area contributed by atoms with E-state index >= 15 is 4.39 Å². The molecular weight excluding hydrogens is 487 g/mol. The molecular formula is C27H31FN8O2. The Hall–Kier alpha value is -4.51. The highest BCUT2D eigenvalue weighted by Gasteiger charge is 2.23. The van der Waals surface area contributed by atoms with Gasteiger partial charge in [-0.05, 0) is 38.4 Å². The van der Waals surface area contributed by atoms with Crippen LogP contribution in [0.25, 0.3) is 22.2 Å². The first-order valence-electron chi connectivity index (χ1n) is 11.9. The monoisotopic (exact) mass is 518 g/mol. The summed E-state index contributed by atoms with van der Waals surface area (Å²) in [4.78, 5) is 24.9. The Kier molecular flexibility index (Phi) is 7.87. The molecule has 2 aromatic carbocycles. The Morgan fingerprint density at radius 1 is 1.18 bits per heavy atom. The number of carbonyl (C=O) groups is 1. The van der Waals surface area contributed by atoms with Crippen LogP contribution in [0.15, 0.2) is 55.4 Å². The van der Waals surface area contributed by atoms with Crippen LogP contribution in [0.3, 0.4) is 0 Å². The molecule has 0 saturated carbocycles. The lowest BCUT2D eigenvalue weighted by molar-refractivity contribution is -0.111. The molecule has 0 aliphatic heterocycles. The van der Waals surface area contributed by atoms with Gasteiger partial charge in [0.2, 0.25) is 11.9 Å². The molecule has 0 fully saturated rings. The molecule has 10 nitrogen and oxygen atoms in total. The summed E-state index contributed by atoms with van der Waals surface area (Å²) in [6.07, 6.45) is 4.47. The smallest absolute Gasteiger partial charge is 0.247 e. The van der Waals surface area contributed by atoms with Crippen LogP contribution in [-0.2, 0) is 11.8 Å². The molecule has 4 aromatic rings. The van der Waals surface area contributed by atoms with Gasteiger partial charge in [-0.3, -0.25) is 9.48 Å². The molecule has 0 saturated heterocycles. The first-order chi connectivity index (χ1) is 18.2. The summed E-state index contributed by atoms with van der Waals surface area (Å²) in [6, 6.07) is 9.33. The summed E-state index contributed by atoms with van der Waals surface area (Å²) in [5, 5.41) is 10.8. The van der Waals surface area contributed by atoms with Crippen LogP contribution in [0, 0.1) is 5.82 Å². The van der Waals surface area contributed by atoms with Gasteiger partial charge in [0.05, 0.1) is 30.2 Å². The van der Waals surface area contributed by atoms with Crippen LogP contribution in [0.5, 0.6) is 5.75 Å². The lowest BCUT2D eigenvalue weighted by Gasteiger charge is -2.26. The van der Waals surface area contributed by atoms with E-state index in [4.69, 9.17) is 4.74 Å². The maximum atomic E-state index is 16.0. The normalized spacial score (nSPS) is 11.0. The van der Waals surface area contributed by atoms with E-state index in [1.165, 1.54) is 7.11 Å². The van der Waals surface area contributed by atoms with E-state index in [0.717, 1.165) is 29.1 Å². The molecule has 11 heteroatoms. The lowest BCUT2D eigenvalue weighted by atomic mass is 10.1. The third-order valence-electron chi connectivity index (χ3n) is 6.09. The highest BCUT2D eigenvalue weighted by Crippen LogP contribution is 2.41. The predicted molar refractivity (Wildman–Crippen MR) is 149 cm³/mol. The summed E-state index contributed by atoms with van der Waals surface area (Å²) in [7, 11) is 9.05. The number of methoxy groups -OCH3 is 1. The molecule has 198 valence electrons. The topological polar surface area (TPSA) is 100 Å². The van der Waals surface area contributed by atoms with Gasteiger partial charge in [-0.1, -0.05) is 12.6 Å². The van der Waals surface area contributed by atoms with Gasteiger partial charge < -0.3 is 25.2 Å². The number of hydrogen-bond acceptors (Lipinski definition) is 8. The van der Waals surface area contributed by atoms with E-state index in [1.54, 1.807) is 29.2 Å². The first kappa shape index (κ1) is 26.6. The van der Waals surface area contributed by atoms with E-state index in [0.29, 0.717) is 17.9 Å². The van der Waals surface area contributed by atoms with E-state index in [1.807, 2.05) is 56.2 Å². The molecule has 0 atom stereocenters.